The highest BCUT2D eigenvalue weighted by Gasteiger charge is 2.14. The zero-order valence-corrected chi connectivity index (χ0v) is 15.8. The standard InChI is InChI=1S/C20H20N4O4/c1-13-5-4-6-14(2)20(13)28-12-19(25)21-18-11-15(3)22-23(18)16-7-9-17(10-8-16)24(26)27/h4-11H,12H2,1-3H3,(H,21,25). The van der Waals surface area contributed by atoms with Crippen molar-refractivity contribution >= 4 is 17.4 Å². The van der Waals surface area contributed by atoms with Crippen molar-refractivity contribution in [2.45, 2.75) is 20.8 Å². The summed E-state index contributed by atoms with van der Waals surface area (Å²) in [6.07, 6.45) is 0. The number of benzene rings is 2. The van der Waals surface area contributed by atoms with Crippen LogP contribution in [0.3, 0.4) is 0 Å². The van der Waals surface area contributed by atoms with Crippen LogP contribution in [0.15, 0.2) is 48.5 Å². The Morgan fingerprint density at radius 1 is 1.14 bits per heavy atom. The number of carbonyl (C=O) groups is 1. The average Bonchev–Trinajstić information content (AvgIpc) is 3.01. The van der Waals surface area contributed by atoms with Crippen molar-refractivity contribution in [2.24, 2.45) is 0 Å². The molecular formula is C20H20N4O4. The number of ether oxygens (including phenoxy) is 1. The van der Waals surface area contributed by atoms with Crippen LogP contribution in [0.1, 0.15) is 16.8 Å². The summed E-state index contributed by atoms with van der Waals surface area (Å²) in [6.45, 7) is 5.50. The average molecular weight is 380 g/mol. The van der Waals surface area contributed by atoms with E-state index in [1.807, 2.05) is 32.0 Å². The molecule has 2 aromatic carbocycles. The number of aromatic nitrogens is 2. The third-order valence-corrected chi connectivity index (χ3v) is 4.16. The zero-order chi connectivity index (χ0) is 20.3. The number of hydrogen-bond donors (Lipinski definition) is 1. The molecule has 8 heteroatoms. The number of nitrogens with zero attached hydrogens (tertiary/aromatic N) is 3. The third kappa shape index (κ3) is 4.17. The van der Waals surface area contributed by atoms with Crippen molar-refractivity contribution in [2.75, 3.05) is 11.9 Å². The highest BCUT2D eigenvalue weighted by Crippen LogP contribution is 2.23. The van der Waals surface area contributed by atoms with Crippen LogP contribution in [0, 0.1) is 30.9 Å². The van der Waals surface area contributed by atoms with Crippen molar-refractivity contribution in [1.29, 1.82) is 0 Å². The Balaban J connectivity index is 1.74. The fourth-order valence-corrected chi connectivity index (χ4v) is 2.84. The Morgan fingerprint density at radius 3 is 2.39 bits per heavy atom. The maximum atomic E-state index is 12.4. The molecule has 0 aliphatic heterocycles. The van der Waals surface area contributed by atoms with E-state index in [1.54, 1.807) is 25.1 Å². The summed E-state index contributed by atoms with van der Waals surface area (Å²) in [5.41, 5.74) is 3.20. The molecule has 0 fully saturated rings. The molecule has 8 nitrogen and oxygen atoms in total. The number of amides is 1. The quantitative estimate of drug-likeness (QED) is 0.519. The van der Waals surface area contributed by atoms with Crippen molar-refractivity contribution in [1.82, 2.24) is 9.78 Å². The first-order chi connectivity index (χ1) is 13.3. The van der Waals surface area contributed by atoms with Gasteiger partial charge >= 0.3 is 0 Å². The number of non-ortho nitro benzene ring substituents is 1. The summed E-state index contributed by atoms with van der Waals surface area (Å²) in [5.74, 6) is 0.824. The maximum absolute atomic E-state index is 12.4. The monoisotopic (exact) mass is 380 g/mol. The number of nitrogens with one attached hydrogen (secondary N) is 1. The largest absolute Gasteiger partial charge is 0.483 e. The molecule has 3 aromatic rings. The molecule has 0 saturated heterocycles. The second kappa shape index (κ2) is 7.91. The second-order valence-electron chi connectivity index (χ2n) is 6.41. The highest BCUT2D eigenvalue weighted by atomic mass is 16.6. The molecule has 0 saturated carbocycles. The Kier molecular flexibility index (Phi) is 5.39. The van der Waals surface area contributed by atoms with Crippen LogP contribution in [0.4, 0.5) is 11.5 Å². The fourth-order valence-electron chi connectivity index (χ4n) is 2.84. The molecule has 144 valence electrons. The molecule has 1 amide bonds. The van der Waals surface area contributed by atoms with Gasteiger partial charge in [-0.25, -0.2) is 4.68 Å². The molecule has 0 unspecified atom stereocenters. The lowest BCUT2D eigenvalue weighted by Crippen LogP contribution is -2.22. The van der Waals surface area contributed by atoms with Gasteiger partial charge in [0, 0.05) is 18.2 Å². The normalized spacial score (nSPS) is 10.5. The molecule has 1 heterocycles. The van der Waals surface area contributed by atoms with Gasteiger partial charge in [0.1, 0.15) is 11.6 Å². The van der Waals surface area contributed by atoms with Gasteiger partial charge in [-0.2, -0.15) is 5.10 Å². The zero-order valence-electron chi connectivity index (χ0n) is 15.8. The van der Waals surface area contributed by atoms with Crippen molar-refractivity contribution < 1.29 is 14.5 Å². The van der Waals surface area contributed by atoms with E-state index in [2.05, 4.69) is 10.4 Å². The van der Waals surface area contributed by atoms with Crippen LogP contribution in [-0.2, 0) is 4.79 Å². The number of para-hydroxylation sites is 1. The van der Waals surface area contributed by atoms with Crippen molar-refractivity contribution in [3.63, 3.8) is 0 Å². The van der Waals surface area contributed by atoms with E-state index in [-0.39, 0.29) is 18.2 Å². The number of nitro groups is 1. The first kappa shape index (κ1) is 19.1. The first-order valence-electron chi connectivity index (χ1n) is 8.65. The summed E-state index contributed by atoms with van der Waals surface area (Å²) < 4.78 is 7.20. The fraction of sp³-hybridized carbons (Fsp3) is 0.200. The molecule has 1 aromatic heterocycles. The van der Waals surface area contributed by atoms with Gasteiger partial charge in [-0.3, -0.25) is 14.9 Å². The number of aryl methyl sites for hydroxylation is 3. The van der Waals surface area contributed by atoms with Gasteiger partial charge in [-0.15, -0.1) is 0 Å². The number of hydrogen-bond acceptors (Lipinski definition) is 5. The molecule has 0 atom stereocenters. The van der Waals surface area contributed by atoms with Gasteiger partial charge in [0.15, 0.2) is 6.61 Å². The molecular weight excluding hydrogens is 360 g/mol. The summed E-state index contributed by atoms with van der Waals surface area (Å²) in [4.78, 5) is 22.7. The number of carbonyl (C=O) groups excluding carboxylic acids is 1. The van der Waals surface area contributed by atoms with E-state index in [0.717, 1.165) is 11.1 Å². The SMILES string of the molecule is Cc1cc(NC(=O)COc2c(C)cccc2C)n(-c2ccc([N+](=O)[O-])cc2)n1. The van der Waals surface area contributed by atoms with E-state index < -0.39 is 4.92 Å². The topological polar surface area (TPSA) is 99.3 Å². The van der Waals surface area contributed by atoms with E-state index in [4.69, 9.17) is 4.74 Å². The summed E-state index contributed by atoms with van der Waals surface area (Å²) in [7, 11) is 0. The Labute approximate surface area is 161 Å². The van der Waals surface area contributed by atoms with E-state index in [1.165, 1.54) is 16.8 Å². The van der Waals surface area contributed by atoms with Crippen LogP contribution < -0.4 is 10.1 Å². The smallest absolute Gasteiger partial charge is 0.269 e. The molecule has 0 spiro atoms. The summed E-state index contributed by atoms with van der Waals surface area (Å²) in [6, 6.07) is 13.4. The molecule has 0 radical (unpaired) electrons. The molecule has 0 bridgehead atoms. The van der Waals surface area contributed by atoms with Crippen LogP contribution in [0.2, 0.25) is 0 Å². The van der Waals surface area contributed by atoms with Gasteiger partial charge < -0.3 is 10.1 Å². The lowest BCUT2D eigenvalue weighted by atomic mass is 10.1. The second-order valence-corrected chi connectivity index (χ2v) is 6.41. The van der Waals surface area contributed by atoms with Crippen molar-refractivity contribution in [3.8, 4) is 11.4 Å². The predicted octanol–water partition coefficient (Wildman–Crippen LogP) is 3.72. The molecule has 3 rings (SSSR count). The van der Waals surface area contributed by atoms with Gasteiger partial charge in [0.05, 0.1) is 16.3 Å². The van der Waals surface area contributed by atoms with E-state index in [9.17, 15) is 14.9 Å². The van der Waals surface area contributed by atoms with Crippen LogP contribution in [-0.4, -0.2) is 27.2 Å². The Hall–Kier alpha value is -3.68. The summed E-state index contributed by atoms with van der Waals surface area (Å²) >= 11 is 0. The Bertz CT molecular complexity index is 1000. The van der Waals surface area contributed by atoms with E-state index >= 15 is 0 Å². The molecule has 0 aliphatic carbocycles. The van der Waals surface area contributed by atoms with Gasteiger partial charge in [-0.1, -0.05) is 18.2 Å². The lowest BCUT2D eigenvalue weighted by Gasteiger charge is -2.12. The Morgan fingerprint density at radius 2 is 1.79 bits per heavy atom. The van der Waals surface area contributed by atoms with Crippen molar-refractivity contribution in [3.05, 3.63) is 75.5 Å². The minimum Gasteiger partial charge on any atom is -0.483 e. The third-order valence-electron chi connectivity index (χ3n) is 4.16. The van der Waals surface area contributed by atoms with E-state index in [0.29, 0.717) is 22.9 Å². The number of rotatable bonds is 6. The van der Waals surface area contributed by atoms with Gasteiger partial charge in [0.25, 0.3) is 11.6 Å². The lowest BCUT2D eigenvalue weighted by molar-refractivity contribution is -0.384. The minimum atomic E-state index is -0.467. The molecule has 0 aliphatic rings. The molecule has 28 heavy (non-hydrogen) atoms. The van der Waals surface area contributed by atoms with Crippen LogP contribution in [0.25, 0.3) is 5.69 Å². The van der Waals surface area contributed by atoms with Gasteiger partial charge in [-0.05, 0) is 44.0 Å². The first-order valence-corrected chi connectivity index (χ1v) is 8.65. The van der Waals surface area contributed by atoms with Crippen LogP contribution in [0.5, 0.6) is 5.75 Å². The van der Waals surface area contributed by atoms with Gasteiger partial charge in [0.2, 0.25) is 0 Å². The molecule has 1 N–H and O–H groups in total. The number of nitro benzene ring substituents is 1. The highest BCUT2D eigenvalue weighted by molar-refractivity contribution is 5.91. The predicted molar refractivity (Wildman–Crippen MR) is 105 cm³/mol. The minimum absolute atomic E-state index is 0.0137. The number of anilines is 1. The van der Waals surface area contributed by atoms with Crippen LogP contribution >= 0.6 is 0 Å². The summed E-state index contributed by atoms with van der Waals surface area (Å²) in [5, 5.41) is 17.9. The maximum Gasteiger partial charge on any atom is 0.269 e.